The Morgan fingerprint density at radius 1 is 0.201 bits per heavy atom. The van der Waals surface area contributed by atoms with Gasteiger partial charge in [-0.05, 0) is 240 Å². The van der Waals surface area contributed by atoms with E-state index in [1.807, 2.05) is 24.3 Å². The predicted octanol–water partition coefficient (Wildman–Crippen LogP) is 34.9. The van der Waals surface area contributed by atoms with E-state index < -0.39 is 0 Å². The summed E-state index contributed by atoms with van der Waals surface area (Å²) >= 11 is 0. The lowest BCUT2D eigenvalue weighted by Gasteiger charge is -2.22. The van der Waals surface area contributed by atoms with E-state index in [2.05, 4.69) is 433 Å². The van der Waals surface area contributed by atoms with E-state index in [1.165, 1.54) is 214 Å². The Hall–Kier alpha value is -17.3. The summed E-state index contributed by atoms with van der Waals surface area (Å²) in [6, 6.07) is 141. The third-order valence-electron chi connectivity index (χ3n) is 31.3. The summed E-state index contributed by atoms with van der Waals surface area (Å²) in [7, 11) is 0. The van der Waals surface area contributed by atoms with Gasteiger partial charge >= 0.3 is 0 Å². The zero-order chi connectivity index (χ0) is 92.5. The maximum absolute atomic E-state index is 6.37. The first-order chi connectivity index (χ1) is 68.0. The van der Waals surface area contributed by atoms with Gasteiger partial charge < -0.3 is 22.4 Å². The van der Waals surface area contributed by atoms with E-state index in [9.17, 15) is 0 Å². The van der Waals surface area contributed by atoms with E-state index in [-0.39, 0.29) is 16.2 Å². The van der Waals surface area contributed by atoms with Gasteiger partial charge in [0.1, 0.15) is 33.5 Å². The van der Waals surface area contributed by atoms with Crippen LogP contribution in [0.3, 0.4) is 0 Å². The van der Waals surface area contributed by atoms with Gasteiger partial charge in [0.2, 0.25) is 5.95 Å². The molecular formula is C130H88N6O3. The molecule has 0 unspecified atom stereocenters. The Morgan fingerprint density at radius 3 is 0.950 bits per heavy atom. The predicted molar refractivity (Wildman–Crippen MR) is 578 cm³/mol. The molecule has 31 rings (SSSR count). The van der Waals surface area contributed by atoms with Crippen LogP contribution in [0.1, 0.15) is 86.1 Å². The van der Waals surface area contributed by atoms with Crippen LogP contribution >= 0.6 is 0 Å². The number of para-hydroxylation sites is 6. The van der Waals surface area contributed by atoms with Gasteiger partial charge in [0.05, 0.1) is 44.5 Å². The average Bonchev–Trinajstić information content (AvgIpc) is 1.54. The zero-order valence-corrected chi connectivity index (χ0v) is 77.9. The lowest BCUT2D eigenvalue weighted by Crippen LogP contribution is -2.15. The van der Waals surface area contributed by atoms with E-state index in [0.29, 0.717) is 17.6 Å². The molecule has 9 heteroatoms. The SMILES string of the molecule is CC1(C)c2cc3oc4ccccc4c3cc2-c2cc3c4ccccc4n(-c4c5ccccc5cc5ccccc45)c3cc21.CC1(C)c2cc3oc4ccccc4c3cc2-c2cc3c4ccccc4n(-c4cc5c6ccccc6ccc5c5ccccc45)c3cc21.Cc1ccc(-c2nc(-c3ccc(C)cc3)nc(-n3c4ccccc4c4cc5c(cc43)C(C)(C)c3cc4oc6ccccc6c4cc3-5)n2)cc1. The Bertz CT molecular complexity index is 10200. The fraction of sp³-hybridized carbons (Fsp3) is 0.0846. The van der Waals surface area contributed by atoms with E-state index in [4.69, 9.17) is 28.2 Å². The van der Waals surface area contributed by atoms with Crippen molar-refractivity contribution in [1.82, 2.24) is 28.7 Å². The van der Waals surface area contributed by atoms with Gasteiger partial charge in [0.25, 0.3) is 0 Å². The van der Waals surface area contributed by atoms with Crippen molar-refractivity contribution in [3.63, 3.8) is 0 Å². The number of benzene rings is 21. The number of aryl methyl sites for hydroxylation is 2. The van der Waals surface area contributed by atoms with Crippen molar-refractivity contribution in [1.29, 1.82) is 0 Å². The summed E-state index contributed by atoms with van der Waals surface area (Å²) in [4.78, 5) is 15.4. The fourth-order valence-electron chi connectivity index (χ4n) is 24.3. The van der Waals surface area contributed by atoms with Crippen LogP contribution in [0.2, 0.25) is 0 Å². The Balaban J connectivity index is 0.000000101. The van der Waals surface area contributed by atoms with Gasteiger partial charge in [-0.25, -0.2) is 4.98 Å². The summed E-state index contributed by atoms with van der Waals surface area (Å²) < 4.78 is 26.3. The second kappa shape index (κ2) is 28.9. The van der Waals surface area contributed by atoms with E-state index in [0.717, 1.165) is 71.8 Å². The Kier molecular flexibility index (Phi) is 16.5. The van der Waals surface area contributed by atoms with Crippen molar-refractivity contribution in [2.45, 2.75) is 71.6 Å². The molecule has 0 aliphatic heterocycles. The van der Waals surface area contributed by atoms with Crippen LogP contribution in [0.4, 0.5) is 0 Å². The minimum Gasteiger partial charge on any atom is -0.456 e. The van der Waals surface area contributed by atoms with Gasteiger partial charge in [-0.3, -0.25) is 4.57 Å². The van der Waals surface area contributed by atoms with Crippen molar-refractivity contribution in [3.8, 4) is 73.5 Å². The minimum atomic E-state index is -0.244. The van der Waals surface area contributed by atoms with Crippen LogP contribution < -0.4 is 0 Å². The molecule has 656 valence electrons. The molecule has 7 aromatic heterocycles. The highest BCUT2D eigenvalue weighted by Crippen LogP contribution is 2.58. The van der Waals surface area contributed by atoms with Crippen LogP contribution in [0.25, 0.3) is 259 Å². The summed E-state index contributed by atoms with van der Waals surface area (Å²) in [5.41, 5.74) is 34.6. The smallest absolute Gasteiger partial charge is 0.238 e. The Labute approximate surface area is 799 Å². The molecule has 0 saturated carbocycles. The fourth-order valence-corrected chi connectivity index (χ4v) is 24.3. The number of hydrogen-bond donors (Lipinski definition) is 0. The highest BCUT2D eigenvalue weighted by atomic mass is 16.3. The maximum Gasteiger partial charge on any atom is 0.238 e. The first-order valence-electron chi connectivity index (χ1n) is 48.2. The molecule has 0 saturated heterocycles. The molecule has 21 aromatic carbocycles. The number of fused-ring (bicyclic) bond motifs is 34. The molecule has 0 amide bonds. The van der Waals surface area contributed by atoms with Crippen molar-refractivity contribution in [2.24, 2.45) is 0 Å². The quantitative estimate of drug-likeness (QED) is 0.126. The van der Waals surface area contributed by atoms with Gasteiger partial charge in [0.15, 0.2) is 11.6 Å². The van der Waals surface area contributed by atoms with E-state index in [1.54, 1.807) is 0 Å². The van der Waals surface area contributed by atoms with Gasteiger partial charge in [-0.1, -0.05) is 320 Å². The molecule has 0 fully saturated rings. The average molecular weight is 1780 g/mol. The molecule has 28 aromatic rings. The van der Waals surface area contributed by atoms with Crippen molar-refractivity contribution in [2.75, 3.05) is 0 Å². The lowest BCUT2D eigenvalue weighted by atomic mass is 9.82. The van der Waals surface area contributed by atoms with Crippen LogP contribution in [0, 0.1) is 13.8 Å². The van der Waals surface area contributed by atoms with Gasteiger partial charge in [-0.2, -0.15) is 9.97 Å². The molecule has 0 atom stereocenters. The third kappa shape index (κ3) is 11.4. The third-order valence-corrected chi connectivity index (χ3v) is 31.3. The summed E-state index contributed by atoms with van der Waals surface area (Å²) in [5, 5.41) is 27.1. The minimum absolute atomic E-state index is 0.172. The van der Waals surface area contributed by atoms with E-state index >= 15 is 0 Å². The topological polar surface area (TPSA) is 92.9 Å². The van der Waals surface area contributed by atoms with Crippen molar-refractivity contribution < 1.29 is 13.3 Å². The molecule has 139 heavy (non-hydrogen) atoms. The van der Waals surface area contributed by atoms with Crippen LogP contribution in [0.5, 0.6) is 0 Å². The standard InChI is InChI=1S/C45H29NO.C44H32N4O.C41H27NO/c1-45(2)38-24-42-36(21-34(38)35-22-37-32-16-8-10-18-43(32)47-44(37)25-39(35)45)31-15-7-9-17-40(31)46(42)41-23-33-27-12-4-3-11-26(27)19-20-29(33)28-13-5-6-14-30(28)41;1-25-13-17-27(18-14-25)41-45-42(28-19-15-26(2)16-20-28)47-43(46-41)48-37-11-7-5-9-29(37)33-21-31-32-22-34-30-10-6-8-12-39(30)49-40(34)24-36(32)44(3,4)35(31)23-38(33)48;1-41(2)34-22-37-32(20-30(34)31-21-33-29-16-8-10-18-38(29)43-39(33)23-35(31)41)28-15-7-9-17-36(28)42(37)40-26-13-5-3-11-24(26)19-25-12-4-6-14-27(25)40/h3-25H,1-2H3;5-24H,1-4H3;3-23H,1-2H3. The molecule has 7 heterocycles. The monoisotopic (exact) mass is 1780 g/mol. The molecule has 0 radical (unpaired) electrons. The number of aromatic nitrogens is 6. The second-order valence-corrected chi connectivity index (χ2v) is 40.2. The van der Waals surface area contributed by atoms with Crippen LogP contribution in [-0.4, -0.2) is 28.7 Å². The van der Waals surface area contributed by atoms with Crippen LogP contribution in [0.15, 0.2) is 401 Å². The molecule has 3 aliphatic rings. The molecule has 0 N–H and O–H groups in total. The molecule has 3 aliphatic carbocycles. The van der Waals surface area contributed by atoms with Gasteiger partial charge in [0, 0.05) is 108 Å². The summed E-state index contributed by atoms with van der Waals surface area (Å²) in [6.45, 7) is 18.3. The summed E-state index contributed by atoms with van der Waals surface area (Å²) in [6.07, 6.45) is 0. The highest BCUT2D eigenvalue weighted by Gasteiger charge is 2.42. The second-order valence-electron chi connectivity index (χ2n) is 40.2. The number of nitrogens with zero attached hydrogens (tertiary/aromatic N) is 6. The lowest BCUT2D eigenvalue weighted by molar-refractivity contribution is 0.647. The normalized spacial score (nSPS) is 13.8. The maximum atomic E-state index is 6.37. The molecular weight excluding hydrogens is 1690 g/mol. The molecule has 9 nitrogen and oxygen atoms in total. The molecule has 0 bridgehead atoms. The number of rotatable bonds is 5. The largest absolute Gasteiger partial charge is 0.456 e. The van der Waals surface area contributed by atoms with Crippen molar-refractivity contribution in [3.05, 3.63) is 433 Å². The first-order valence-corrected chi connectivity index (χ1v) is 48.2. The van der Waals surface area contributed by atoms with Gasteiger partial charge in [-0.15, -0.1) is 0 Å². The van der Waals surface area contributed by atoms with Crippen molar-refractivity contribution >= 4 is 185 Å². The highest BCUT2D eigenvalue weighted by molar-refractivity contribution is 6.23. The first kappa shape index (κ1) is 79.1. The summed E-state index contributed by atoms with van der Waals surface area (Å²) in [5.74, 6) is 1.90. The van der Waals surface area contributed by atoms with Crippen LogP contribution in [-0.2, 0) is 16.2 Å². The Morgan fingerprint density at radius 2 is 0.518 bits per heavy atom. The molecule has 0 spiro atoms. The number of hydrogen-bond acceptors (Lipinski definition) is 6. The zero-order valence-electron chi connectivity index (χ0n) is 77.9. The number of furan rings is 3.